The molecule has 4 nitrogen and oxygen atoms in total. The van der Waals surface area contributed by atoms with Crippen molar-refractivity contribution in [2.75, 3.05) is 7.11 Å². The molecule has 0 saturated carbocycles. The number of ether oxygens (including phenoxy) is 1. The van der Waals surface area contributed by atoms with Gasteiger partial charge in [0.2, 0.25) is 4.77 Å². The Morgan fingerprint density at radius 2 is 1.75 bits per heavy atom. The standard InChI is InChI=1S/C19H15N3OS/c1-23-15-9-7-13(8-10-15)16-11-20-19(24)22-12-17(21-18(16)22)14-5-3-2-4-6-14/h2-12,21H,1H3. The molecule has 0 fully saturated rings. The van der Waals surface area contributed by atoms with E-state index in [0.29, 0.717) is 4.77 Å². The second kappa shape index (κ2) is 5.94. The molecule has 0 spiro atoms. The van der Waals surface area contributed by atoms with Crippen LogP contribution in [-0.4, -0.2) is 21.5 Å². The fourth-order valence-corrected chi connectivity index (χ4v) is 2.95. The molecule has 0 amide bonds. The number of aromatic amines is 1. The van der Waals surface area contributed by atoms with E-state index >= 15 is 0 Å². The Labute approximate surface area is 144 Å². The Bertz CT molecular complexity index is 1050. The first-order chi connectivity index (χ1) is 11.8. The van der Waals surface area contributed by atoms with Crippen LogP contribution < -0.4 is 4.74 Å². The fourth-order valence-electron chi connectivity index (χ4n) is 2.75. The third kappa shape index (κ3) is 2.49. The van der Waals surface area contributed by atoms with Crippen LogP contribution in [0.4, 0.5) is 0 Å². The molecule has 0 saturated heterocycles. The van der Waals surface area contributed by atoms with E-state index in [2.05, 4.69) is 22.1 Å². The van der Waals surface area contributed by atoms with Crippen LogP contribution in [0.15, 0.2) is 67.0 Å². The minimum absolute atomic E-state index is 0.528. The molecule has 0 unspecified atom stereocenters. The normalized spacial score (nSPS) is 10.9. The summed E-state index contributed by atoms with van der Waals surface area (Å²) in [6.07, 6.45) is 3.80. The average Bonchev–Trinajstić information content (AvgIpc) is 3.09. The topological polar surface area (TPSA) is 42.3 Å². The molecular weight excluding hydrogens is 318 g/mol. The summed E-state index contributed by atoms with van der Waals surface area (Å²) < 4.78 is 7.67. The summed E-state index contributed by atoms with van der Waals surface area (Å²) in [6.45, 7) is 0. The van der Waals surface area contributed by atoms with Crippen LogP contribution in [0.1, 0.15) is 0 Å². The van der Waals surface area contributed by atoms with E-state index in [1.165, 1.54) is 0 Å². The highest BCUT2D eigenvalue weighted by Gasteiger charge is 2.10. The number of hydrogen-bond donors (Lipinski definition) is 1. The zero-order valence-electron chi connectivity index (χ0n) is 13.1. The summed E-state index contributed by atoms with van der Waals surface area (Å²) in [5, 5.41) is 0. The zero-order chi connectivity index (χ0) is 16.5. The van der Waals surface area contributed by atoms with E-state index in [1.807, 2.05) is 59.3 Å². The van der Waals surface area contributed by atoms with Crippen molar-refractivity contribution in [2.24, 2.45) is 0 Å². The van der Waals surface area contributed by atoms with Gasteiger partial charge in [0.1, 0.15) is 11.4 Å². The molecule has 2 aromatic carbocycles. The molecule has 0 radical (unpaired) electrons. The van der Waals surface area contributed by atoms with Gasteiger partial charge in [0, 0.05) is 18.0 Å². The molecule has 24 heavy (non-hydrogen) atoms. The lowest BCUT2D eigenvalue weighted by molar-refractivity contribution is 0.415. The second-order valence-electron chi connectivity index (χ2n) is 5.44. The number of imidazole rings is 1. The van der Waals surface area contributed by atoms with Crippen LogP contribution in [0.3, 0.4) is 0 Å². The van der Waals surface area contributed by atoms with Crippen molar-refractivity contribution >= 4 is 17.9 Å². The van der Waals surface area contributed by atoms with E-state index < -0.39 is 0 Å². The lowest BCUT2D eigenvalue weighted by Crippen LogP contribution is -1.92. The van der Waals surface area contributed by atoms with E-state index in [1.54, 1.807) is 7.11 Å². The van der Waals surface area contributed by atoms with Crippen LogP contribution in [-0.2, 0) is 0 Å². The largest absolute Gasteiger partial charge is 0.497 e. The van der Waals surface area contributed by atoms with E-state index in [0.717, 1.165) is 33.8 Å². The van der Waals surface area contributed by atoms with Gasteiger partial charge >= 0.3 is 0 Å². The van der Waals surface area contributed by atoms with Crippen LogP contribution >= 0.6 is 12.2 Å². The highest BCUT2D eigenvalue weighted by molar-refractivity contribution is 7.71. The first kappa shape index (κ1) is 14.7. The molecule has 4 rings (SSSR count). The van der Waals surface area contributed by atoms with Crippen molar-refractivity contribution in [3.63, 3.8) is 0 Å². The van der Waals surface area contributed by atoms with Gasteiger partial charge in [-0.1, -0.05) is 42.5 Å². The van der Waals surface area contributed by atoms with Gasteiger partial charge in [-0.3, -0.25) is 4.40 Å². The van der Waals surface area contributed by atoms with Crippen molar-refractivity contribution in [2.45, 2.75) is 0 Å². The maximum Gasteiger partial charge on any atom is 0.205 e. The van der Waals surface area contributed by atoms with Gasteiger partial charge in [0.05, 0.1) is 12.8 Å². The van der Waals surface area contributed by atoms with Crippen molar-refractivity contribution in [3.8, 4) is 28.1 Å². The maximum absolute atomic E-state index is 5.38. The highest BCUT2D eigenvalue weighted by atomic mass is 32.1. The third-order valence-corrected chi connectivity index (χ3v) is 4.31. The second-order valence-corrected chi connectivity index (χ2v) is 5.80. The monoisotopic (exact) mass is 333 g/mol. The Hall–Kier alpha value is -2.92. The van der Waals surface area contributed by atoms with Crippen molar-refractivity contribution in [1.29, 1.82) is 0 Å². The number of rotatable bonds is 3. The number of fused-ring (bicyclic) bond motifs is 1. The lowest BCUT2D eigenvalue weighted by atomic mass is 10.1. The summed E-state index contributed by atoms with van der Waals surface area (Å²) >= 11 is 5.38. The summed E-state index contributed by atoms with van der Waals surface area (Å²) in [5.41, 5.74) is 5.09. The minimum Gasteiger partial charge on any atom is -0.497 e. The molecule has 0 atom stereocenters. The molecule has 2 heterocycles. The van der Waals surface area contributed by atoms with Crippen molar-refractivity contribution in [3.05, 3.63) is 71.8 Å². The van der Waals surface area contributed by atoms with Crippen LogP contribution in [0.5, 0.6) is 5.75 Å². The Kier molecular flexibility index (Phi) is 3.63. The van der Waals surface area contributed by atoms with Gasteiger partial charge in [-0.15, -0.1) is 0 Å². The SMILES string of the molecule is COc1ccc(-c2cnc(=S)n3cc(-c4ccccc4)[nH]c23)cc1. The number of benzene rings is 2. The number of nitrogens with zero attached hydrogens (tertiary/aromatic N) is 2. The van der Waals surface area contributed by atoms with Gasteiger partial charge in [-0.05, 0) is 35.5 Å². The fraction of sp³-hybridized carbons (Fsp3) is 0.0526. The number of H-pyrrole nitrogens is 1. The number of methoxy groups -OCH3 is 1. The molecular formula is C19H15N3OS. The molecule has 1 N–H and O–H groups in total. The number of hydrogen-bond acceptors (Lipinski definition) is 3. The molecule has 5 heteroatoms. The van der Waals surface area contributed by atoms with Gasteiger partial charge in [-0.2, -0.15) is 0 Å². The van der Waals surface area contributed by atoms with E-state index in [-0.39, 0.29) is 0 Å². The third-order valence-electron chi connectivity index (χ3n) is 4.00. The molecule has 2 aromatic heterocycles. The summed E-state index contributed by atoms with van der Waals surface area (Å²) in [6, 6.07) is 18.1. The van der Waals surface area contributed by atoms with E-state index in [4.69, 9.17) is 17.0 Å². The van der Waals surface area contributed by atoms with Gasteiger partial charge in [-0.25, -0.2) is 4.98 Å². The average molecular weight is 333 g/mol. The molecule has 0 aliphatic rings. The molecule has 0 bridgehead atoms. The van der Waals surface area contributed by atoms with Crippen LogP contribution in [0.2, 0.25) is 0 Å². The predicted molar refractivity (Wildman–Crippen MR) is 97.8 cm³/mol. The minimum atomic E-state index is 0.528. The van der Waals surface area contributed by atoms with E-state index in [9.17, 15) is 0 Å². The maximum atomic E-state index is 5.38. The quantitative estimate of drug-likeness (QED) is 0.551. The van der Waals surface area contributed by atoms with Crippen molar-refractivity contribution in [1.82, 2.24) is 14.4 Å². The van der Waals surface area contributed by atoms with Crippen LogP contribution in [0, 0.1) is 4.77 Å². The Balaban J connectivity index is 1.92. The zero-order valence-corrected chi connectivity index (χ0v) is 13.9. The van der Waals surface area contributed by atoms with Gasteiger partial charge in [0.15, 0.2) is 0 Å². The van der Waals surface area contributed by atoms with Gasteiger partial charge < -0.3 is 9.72 Å². The Morgan fingerprint density at radius 3 is 2.46 bits per heavy atom. The summed E-state index contributed by atoms with van der Waals surface area (Å²) in [4.78, 5) is 7.83. The number of aromatic nitrogens is 3. The lowest BCUT2D eigenvalue weighted by Gasteiger charge is -2.05. The van der Waals surface area contributed by atoms with Crippen molar-refractivity contribution < 1.29 is 4.74 Å². The summed E-state index contributed by atoms with van der Waals surface area (Å²) in [5.74, 6) is 0.826. The van der Waals surface area contributed by atoms with Crippen LogP contribution in [0.25, 0.3) is 28.0 Å². The van der Waals surface area contributed by atoms with Gasteiger partial charge in [0.25, 0.3) is 0 Å². The summed E-state index contributed by atoms with van der Waals surface area (Å²) in [7, 11) is 1.66. The molecule has 0 aliphatic heterocycles. The molecule has 118 valence electrons. The molecule has 0 aliphatic carbocycles. The highest BCUT2D eigenvalue weighted by Crippen LogP contribution is 2.28. The number of nitrogens with one attached hydrogen (secondary N) is 1. The molecule has 4 aromatic rings. The smallest absolute Gasteiger partial charge is 0.205 e. The first-order valence-corrected chi connectivity index (χ1v) is 7.97. The first-order valence-electron chi connectivity index (χ1n) is 7.56. The predicted octanol–water partition coefficient (Wildman–Crippen LogP) is 4.73. The Morgan fingerprint density at radius 1 is 1.00 bits per heavy atom.